The topological polar surface area (TPSA) is 52.5 Å². The zero-order valence-corrected chi connectivity index (χ0v) is 9.92. The Bertz CT molecular complexity index is 362. The van der Waals surface area contributed by atoms with Crippen LogP contribution in [0, 0.1) is 0 Å². The molecule has 1 saturated heterocycles. The number of benzene rings is 1. The van der Waals surface area contributed by atoms with Crippen molar-refractivity contribution in [3.8, 4) is 11.5 Å². The molecule has 4 heteroatoms. The third kappa shape index (κ3) is 2.11. The minimum atomic E-state index is -0.0500. The maximum absolute atomic E-state index is 9.83. The van der Waals surface area contributed by atoms with E-state index >= 15 is 0 Å². The van der Waals surface area contributed by atoms with Gasteiger partial charge in [0, 0.05) is 5.56 Å². The van der Waals surface area contributed by atoms with Crippen LogP contribution in [0.5, 0.6) is 11.5 Å². The average molecular weight is 272 g/mol. The number of piperidine rings is 1. The summed E-state index contributed by atoms with van der Waals surface area (Å²) in [6.45, 7) is 1.95. The Hall–Kier alpha value is -0.740. The smallest absolute Gasteiger partial charge is 0.172 e. The molecule has 1 aliphatic rings. The van der Waals surface area contributed by atoms with Gasteiger partial charge in [-0.05, 0) is 53.8 Å². The SMILES string of the molecule is Oc1c(Br)ccc(C2CCNCC2)c1O. The van der Waals surface area contributed by atoms with Crippen LogP contribution in [-0.4, -0.2) is 23.3 Å². The fourth-order valence-corrected chi connectivity index (χ4v) is 2.35. The summed E-state index contributed by atoms with van der Waals surface area (Å²) < 4.78 is 0.540. The van der Waals surface area contributed by atoms with Crippen LogP contribution < -0.4 is 5.32 Å². The normalized spacial score (nSPS) is 17.9. The maximum Gasteiger partial charge on any atom is 0.172 e. The van der Waals surface area contributed by atoms with Crippen LogP contribution in [-0.2, 0) is 0 Å². The van der Waals surface area contributed by atoms with Crippen molar-refractivity contribution in [1.82, 2.24) is 5.32 Å². The Morgan fingerprint density at radius 3 is 2.47 bits per heavy atom. The molecule has 0 radical (unpaired) electrons. The van der Waals surface area contributed by atoms with Gasteiger partial charge in [0.15, 0.2) is 11.5 Å². The first-order chi connectivity index (χ1) is 7.20. The fourth-order valence-electron chi connectivity index (χ4n) is 2.03. The fraction of sp³-hybridized carbons (Fsp3) is 0.455. The van der Waals surface area contributed by atoms with Crippen molar-refractivity contribution >= 4 is 15.9 Å². The largest absolute Gasteiger partial charge is 0.504 e. The second kappa shape index (κ2) is 4.41. The Morgan fingerprint density at radius 2 is 1.80 bits per heavy atom. The van der Waals surface area contributed by atoms with Crippen molar-refractivity contribution in [3.63, 3.8) is 0 Å². The van der Waals surface area contributed by atoms with Crippen molar-refractivity contribution in [2.45, 2.75) is 18.8 Å². The summed E-state index contributed by atoms with van der Waals surface area (Å²) >= 11 is 3.18. The number of aromatic hydroxyl groups is 2. The van der Waals surface area contributed by atoms with Gasteiger partial charge < -0.3 is 15.5 Å². The average Bonchev–Trinajstić information content (AvgIpc) is 2.27. The lowest BCUT2D eigenvalue weighted by atomic mass is 9.89. The van der Waals surface area contributed by atoms with Gasteiger partial charge in [0.05, 0.1) is 4.47 Å². The summed E-state index contributed by atoms with van der Waals surface area (Å²) in [5, 5.41) is 22.7. The van der Waals surface area contributed by atoms with Crippen molar-refractivity contribution in [2.75, 3.05) is 13.1 Å². The molecule has 2 rings (SSSR count). The highest BCUT2D eigenvalue weighted by Gasteiger charge is 2.20. The van der Waals surface area contributed by atoms with E-state index in [2.05, 4.69) is 21.2 Å². The van der Waals surface area contributed by atoms with Gasteiger partial charge in [0.2, 0.25) is 0 Å². The number of nitrogens with one attached hydrogen (secondary N) is 1. The second-order valence-corrected chi connectivity index (χ2v) is 4.71. The van der Waals surface area contributed by atoms with E-state index in [4.69, 9.17) is 0 Å². The van der Waals surface area contributed by atoms with Gasteiger partial charge in [-0.3, -0.25) is 0 Å². The first kappa shape index (κ1) is 10.8. The summed E-state index contributed by atoms with van der Waals surface area (Å²) in [7, 11) is 0. The molecule has 3 nitrogen and oxygen atoms in total. The molecule has 0 atom stereocenters. The molecule has 0 bridgehead atoms. The van der Waals surface area contributed by atoms with E-state index in [1.54, 1.807) is 6.07 Å². The number of phenols is 2. The molecule has 3 N–H and O–H groups in total. The zero-order valence-electron chi connectivity index (χ0n) is 8.33. The number of rotatable bonds is 1. The van der Waals surface area contributed by atoms with E-state index in [9.17, 15) is 10.2 Å². The Labute approximate surface area is 97.3 Å². The van der Waals surface area contributed by atoms with Gasteiger partial charge >= 0.3 is 0 Å². The summed E-state index contributed by atoms with van der Waals surface area (Å²) in [5.41, 5.74) is 0.859. The van der Waals surface area contributed by atoms with Crippen LogP contribution in [0.1, 0.15) is 24.3 Å². The molecule has 1 aromatic rings. The summed E-state index contributed by atoms with van der Waals surface area (Å²) in [4.78, 5) is 0. The van der Waals surface area contributed by atoms with Crippen molar-refractivity contribution in [1.29, 1.82) is 0 Å². The summed E-state index contributed by atoms with van der Waals surface area (Å²) in [5.74, 6) is 0.326. The highest BCUT2D eigenvalue weighted by Crippen LogP contribution is 2.41. The van der Waals surface area contributed by atoms with Crippen molar-refractivity contribution in [3.05, 3.63) is 22.2 Å². The quantitative estimate of drug-likeness (QED) is 0.688. The Kier molecular flexibility index (Phi) is 3.17. The van der Waals surface area contributed by atoms with E-state index in [1.807, 2.05) is 6.07 Å². The molecule has 0 aromatic heterocycles. The van der Waals surface area contributed by atoms with Gasteiger partial charge in [-0.15, -0.1) is 0 Å². The van der Waals surface area contributed by atoms with E-state index in [1.165, 1.54) is 0 Å². The molecule has 0 aliphatic carbocycles. The molecule has 1 heterocycles. The van der Waals surface area contributed by atoms with Gasteiger partial charge in [0.1, 0.15) is 0 Å². The van der Waals surface area contributed by atoms with E-state index < -0.39 is 0 Å². The third-order valence-electron chi connectivity index (χ3n) is 2.91. The molecule has 0 spiro atoms. The van der Waals surface area contributed by atoms with Gasteiger partial charge in [-0.2, -0.15) is 0 Å². The summed E-state index contributed by atoms with van der Waals surface area (Å²) in [6, 6.07) is 3.67. The van der Waals surface area contributed by atoms with Crippen LogP contribution in [0.3, 0.4) is 0 Å². The highest BCUT2D eigenvalue weighted by atomic mass is 79.9. The molecule has 0 amide bonds. The Balaban J connectivity index is 2.31. The summed E-state index contributed by atoms with van der Waals surface area (Å²) in [6.07, 6.45) is 2.02. The lowest BCUT2D eigenvalue weighted by molar-refractivity contribution is 0.383. The van der Waals surface area contributed by atoms with Crippen molar-refractivity contribution in [2.24, 2.45) is 0 Å². The standard InChI is InChI=1S/C11H14BrNO2/c12-9-2-1-8(10(14)11(9)15)7-3-5-13-6-4-7/h1-2,7,13-15H,3-6H2. The molecular formula is C11H14BrNO2. The van der Waals surface area contributed by atoms with Crippen LogP contribution >= 0.6 is 15.9 Å². The third-order valence-corrected chi connectivity index (χ3v) is 3.55. The minimum Gasteiger partial charge on any atom is -0.504 e. The monoisotopic (exact) mass is 271 g/mol. The first-order valence-electron chi connectivity index (χ1n) is 5.11. The molecule has 15 heavy (non-hydrogen) atoms. The predicted octanol–water partition coefficient (Wildman–Crippen LogP) is 2.33. The molecule has 0 saturated carbocycles. The number of halogens is 1. The maximum atomic E-state index is 9.83. The minimum absolute atomic E-state index is 0.0243. The molecule has 82 valence electrons. The van der Waals surface area contributed by atoms with E-state index in [0.29, 0.717) is 10.4 Å². The molecule has 1 aliphatic heterocycles. The lowest BCUT2D eigenvalue weighted by Crippen LogP contribution is -2.26. The molecule has 1 aromatic carbocycles. The van der Waals surface area contributed by atoms with E-state index in [0.717, 1.165) is 31.5 Å². The predicted molar refractivity (Wildman–Crippen MR) is 62.3 cm³/mol. The highest BCUT2D eigenvalue weighted by molar-refractivity contribution is 9.10. The van der Waals surface area contributed by atoms with Crippen LogP contribution in [0.4, 0.5) is 0 Å². The van der Waals surface area contributed by atoms with Gasteiger partial charge in [0.25, 0.3) is 0 Å². The van der Waals surface area contributed by atoms with Gasteiger partial charge in [-0.1, -0.05) is 6.07 Å². The van der Waals surface area contributed by atoms with E-state index in [-0.39, 0.29) is 11.5 Å². The lowest BCUT2D eigenvalue weighted by Gasteiger charge is -2.24. The van der Waals surface area contributed by atoms with Crippen molar-refractivity contribution < 1.29 is 10.2 Å². The number of phenolic OH excluding ortho intramolecular Hbond substituents is 2. The zero-order chi connectivity index (χ0) is 10.8. The number of hydrogen-bond donors (Lipinski definition) is 3. The Morgan fingerprint density at radius 1 is 1.13 bits per heavy atom. The van der Waals surface area contributed by atoms with Crippen LogP contribution in [0.25, 0.3) is 0 Å². The molecular weight excluding hydrogens is 258 g/mol. The molecule has 1 fully saturated rings. The first-order valence-corrected chi connectivity index (χ1v) is 5.90. The molecule has 0 unspecified atom stereocenters. The van der Waals surface area contributed by atoms with Crippen LogP contribution in [0.2, 0.25) is 0 Å². The number of hydrogen-bond acceptors (Lipinski definition) is 3. The van der Waals surface area contributed by atoms with Crippen LogP contribution in [0.15, 0.2) is 16.6 Å². The van der Waals surface area contributed by atoms with Gasteiger partial charge in [-0.25, -0.2) is 0 Å². The second-order valence-electron chi connectivity index (χ2n) is 3.86.